The lowest BCUT2D eigenvalue weighted by atomic mass is 9.97. The number of rotatable bonds is 4. The lowest BCUT2D eigenvalue weighted by Gasteiger charge is -2.09. The molecule has 0 fully saturated rings. The third kappa shape index (κ3) is 3.79. The molecule has 29 heavy (non-hydrogen) atoms. The smallest absolute Gasteiger partial charge is 0.178 e. The van der Waals surface area contributed by atoms with Crippen LogP contribution in [0.25, 0.3) is 33.1 Å². The van der Waals surface area contributed by atoms with E-state index in [0.29, 0.717) is 5.56 Å². The van der Waals surface area contributed by atoms with Gasteiger partial charge >= 0.3 is 0 Å². The molecular weight excluding hydrogens is 386 g/mol. The van der Waals surface area contributed by atoms with Crippen molar-refractivity contribution in [2.24, 2.45) is 5.73 Å². The van der Waals surface area contributed by atoms with Gasteiger partial charge in [0.25, 0.3) is 0 Å². The zero-order chi connectivity index (χ0) is 21.2. The largest absolute Gasteiger partial charge is 0.339 e. The summed E-state index contributed by atoms with van der Waals surface area (Å²) in [6.45, 7) is 3.60. The second-order valence-electron chi connectivity index (χ2n) is 6.57. The van der Waals surface area contributed by atoms with E-state index in [-0.39, 0.29) is 10.6 Å². The molecule has 150 valence electrons. The molecule has 4 rings (SSSR count). The maximum Gasteiger partial charge on any atom is 0.178 e. The third-order valence-electron chi connectivity index (χ3n) is 4.73. The van der Waals surface area contributed by atoms with Gasteiger partial charge in [-0.15, -0.1) is 0 Å². The average Bonchev–Trinajstić information content (AvgIpc) is 3.12. The van der Waals surface area contributed by atoms with Crippen molar-refractivity contribution in [3.05, 3.63) is 59.8 Å². The molecular formula is C22H23N3O3S. The number of aryl methyl sites for hydroxylation is 1. The number of fused-ring (bicyclic) bond motifs is 3. The van der Waals surface area contributed by atoms with E-state index in [2.05, 4.69) is 15.7 Å². The number of carbonyl (C=O) groups is 1. The van der Waals surface area contributed by atoms with Crippen molar-refractivity contribution in [3.63, 3.8) is 0 Å². The van der Waals surface area contributed by atoms with Crippen molar-refractivity contribution < 1.29 is 13.2 Å². The molecule has 0 spiro atoms. The number of sulfone groups is 1. The SMILES string of the molecule is CCS(=O)(=O)c1cccc(-c2cc(C=O)cc3[nH]c4ncc(C)cc4c23)c1.CN. The first-order chi connectivity index (χ1) is 13.9. The number of nitrogens with zero attached hydrogens (tertiary/aromatic N) is 1. The van der Waals surface area contributed by atoms with Crippen LogP contribution >= 0.6 is 0 Å². The monoisotopic (exact) mass is 409 g/mol. The molecule has 0 saturated carbocycles. The molecule has 6 nitrogen and oxygen atoms in total. The van der Waals surface area contributed by atoms with E-state index in [9.17, 15) is 13.2 Å². The summed E-state index contributed by atoms with van der Waals surface area (Å²) < 4.78 is 24.6. The van der Waals surface area contributed by atoms with E-state index in [1.54, 1.807) is 43.5 Å². The predicted octanol–water partition coefficient (Wildman–Crippen LogP) is 3.87. The van der Waals surface area contributed by atoms with E-state index < -0.39 is 9.84 Å². The minimum Gasteiger partial charge on any atom is -0.339 e. The summed E-state index contributed by atoms with van der Waals surface area (Å²) >= 11 is 0. The molecule has 0 radical (unpaired) electrons. The van der Waals surface area contributed by atoms with Crippen LogP contribution in [-0.4, -0.2) is 37.5 Å². The zero-order valence-corrected chi connectivity index (χ0v) is 17.4. The Morgan fingerprint density at radius 1 is 1.14 bits per heavy atom. The fourth-order valence-corrected chi connectivity index (χ4v) is 4.29. The Kier molecular flexibility index (Phi) is 5.81. The van der Waals surface area contributed by atoms with Crippen LogP contribution in [0.4, 0.5) is 0 Å². The number of H-pyrrole nitrogens is 1. The average molecular weight is 410 g/mol. The van der Waals surface area contributed by atoms with Gasteiger partial charge in [0.15, 0.2) is 9.84 Å². The molecule has 0 saturated heterocycles. The molecule has 0 unspecified atom stereocenters. The molecule has 3 N–H and O–H groups in total. The number of benzene rings is 2. The maximum absolute atomic E-state index is 12.3. The lowest BCUT2D eigenvalue weighted by molar-refractivity contribution is 0.112. The fraction of sp³-hybridized carbons (Fsp3) is 0.182. The second kappa shape index (κ2) is 8.14. The van der Waals surface area contributed by atoms with E-state index in [1.807, 2.05) is 19.1 Å². The minimum atomic E-state index is -3.32. The van der Waals surface area contributed by atoms with Crippen molar-refractivity contribution in [2.45, 2.75) is 18.7 Å². The summed E-state index contributed by atoms with van der Waals surface area (Å²) in [5.74, 6) is 0.0381. The van der Waals surface area contributed by atoms with Crippen molar-refractivity contribution in [1.82, 2.24) is 9.97 Å². The van der Waals surface area contributed by atoms with Crippen LogP contribution in [0.3, 0.4) is 0 Å². The molecule has 2 heterocycles. The van der Waals surface area contributed by atoms with Gasteiger partial charge in [0.05, 0.1) is 10.6 Å². The Morgan fingerprint density at radius 3 is 2.59 bits per heavy atom. The summed E-state index contributed by atoms with van der Waals surface area (Å²) in [6.07, 6.45) is 2.58. The fourth-order valence-electron chi connectivity index (χ4n) is 3.36. The van der Waals surface area contributed by atoms with Crippen LogP contribution < -0.4 is 5.73 Å². The molecule has 0 aliphatic carbocycles. The van der Waals surface area contributed by atoms with Crippen LogP contribution in [0.2, 0.25) is 0 Å². The van der Waals surface area contributed by atoms with Crippen LogP contribution in [0.1, 0.15) is 22.8 Å². The Hall–Kier alpha value is -3.03. The Labute approximate surface area is 169 Å². The van der Waals surface area contributed by atoms with Gasteiger partial charge in [-0.25, -0.2) is 13.4 Å². The number of nitrogens with two attached hydrogens (primary N) is 1. The van der Waals surface area contributed by atoms with Crippen LogP contribution in [0.15, 0.2) is 53.6 Å². The van der Waals surface area contributed by atoms with Gasteiger partial charge in [0.2, 0.25) is 0 Å². The number of aromatic nitrogens is 2. The van der Waals surface area contributed by atoms with Gasteiger partial charge in [-0.1, -0.05) is 19.1 Å². The number of hydrogen-bond acceptors (Lipinski definition) is 5. The Bertz CT molecular complexity index is 1310. The van der Waals surface area contributed by atoms with Gasteiger partial charge in [0.1, 0.15) is 11.9 Å². The van der Waals surface area contributed by atoms with Crippen molar-refractivity contribution in [2.75, 3.05) is 12.8 Å². The molecule has 4 aromatic rings. The molecule has 0 atom stereocenters. The summed E-state index contributed by atoms with van der Waals surface area (Å²) in [7, 11) is -1.82. The Balaban J connectivity index is 0.00000117. The van der Waals surface area contributed by atoms with Crippen LogP contribution in [-0.2, 0) is 9.84 Å². The summed E-state index contributed by atoms with van der Waals surface area (Å²) in [5, 5.41) is 1.87. The first-order valence-electron chi connectivity index (χ1n) is 9.21. The maximum atomic E-state index is 12.3. The summed E-state index contributed by atoms with van der Waals surface area (Å²) in [5.41, 5.74) is 9.13. The molecule has 0 bridgehead atoms. The highest BCUT2D eigenvalue weighted by atomic mass is 32.2. The lowest BCUT2D eigenvalue weighted by Crippen LogP contribution is -2.03. The summed E-state index contributed by atoms with van der Waals surface area (Å²) in [6, 6.07) is 12.5. The van der Waals surface area contributed by atoms with E-state index in [0.717, 1.165) is 44.9 Å². The zero-order valence-electron chi connectivity index (χ0n) is 16.6. The molecule has 0 aliphatic heterocycles. The molecule has 2 aromatic heterocycles. The first kappa shape index (κ1) is 20.7. The van der Waals surface area contributed by atoms with Gasteiger partial charge in [-0.2, -0.15) is 0 Å². The highest BCUT2D eigenvalue weighted by Gasteiger charge is 2.16. The van der Waals surface area contributed by atoms with Crippen molar-refractivity contribution in [3.8, 4) is 11.1 Å². The van der Waals surface area contributed by atoms with E-state index >= 15 is 0 Å². The third-order valence-corrected chi connectivity index (χ3v) is 6.46. The van der Waals surface area contributed by atoms with Crippen LogP contribution in [0, 0.1) is 6.92 Å². The second-order valence-corrected chi connectivity index (χ2v) is 8.85. The van der Waals surface area contributed by atoms with Gasteiger partial charge in [-0.05, 0) is 61.0 Å². The normalized spacial score (nSPS) is 11.3. The standard InChI is InChI=1S/C21H18N2O3S.CH5N/c1-3-27(25,26)16-6-4-5-15(10-16)17-8-14(12-24)9-19-20(17)18-7-13(2)11-22-21(18)23-19;1-2/h4-12H,3H2,1-2H3,(H,22,23);2H2,1H3. The predicted molar refractivity (Wildman–Crippen MR) is 117 cm³/mol. The highest BCUT2D eigenvalue weighted by molar-refractivity contribution is 7.91. The number of carbonyl (C=O) groups excluding carboxylic acids is 1. The van der Waals surface area contributed by atoms with Gasteiger partial charge < -0.3 is 10.7 Å². The van der Waals surface area contributed by atoms with Gasteiger partial charge in [-0.3, -0.25) is 4.79 Å². The number of aldehydes is 1. The first-order valence-corrected chi connectivity index (χ1v) is 10.9. The van der Waals surface area contributed by atoms with E-state index in [1.165, 1.54) is 7.05 Å². The van der Waals surface area contributed by atoms with Crippen LogP contribution in [0.5, 0.6) is 0 Å². The van der Waals surface area contributed by atoms with Crippen molar-refractivity contribution in [1.29, 1.82) is 0 Å². The molecule has 0 aliphatic rings. The van der Waals surface area contributed by atoms with E-state index in [4.69, 9.17) is 0 Å². The number of hydrogen-bond donors (Lipinski definition) is 2. The number of nitrogens with one attached hydrogen (secondary N) is 1. The summed E-state index contributed by atoms with van der Waals surface area (Å²) in [4.78, 5) is 19.4. The molecule has 0 amide bonds. The quantitative estimate of drug-likeness (QED) is 0.498. The van der Waals surface area contributed by atoms with Crippen molar-refractivity contribution >= 4 is 38.1 Å². The van der Waals surface area contributed by atoms with Gasteiger partial charge in [0, 0.05) is 28.0 Å². The number of aromatic amines is 1. The molecule has 2 aromatic carbocycles. The Morgan fingerprint density at radius 2 is 1.90 bits per heavy atom. The highest BCUT2D eigenvalue weighted by Crippen LogP contribution is 2.36. The minimum absolute atomic E-state index is 0.0381. The molecule has 7 heteroatoms. The number of pyridine rings is 1. The topological polar surface area (TPSA) is 106 Å².